The summed E-state index contributed by atoms with van der Waals surface area (Å²) in [5.74, 6) is -0.118. The number of hydrogen-bond acceptors (Lipinski definition) is 2. The first-order valence-corrected chi connectivity index (χ1v) is 7.51. The number of halogens is 1. The number of benzene rings is 1. The lowest BCUT2D eigenvalue weighted by Crippen LogP contribution is -2.50. The van der Waals surface area contributed by atoms with E-state index in [-0.39, 0.29) is 11.8 Å². The Kier molecular flexibility index (Phi) is 4.15. The number of aromatic nitrogens is 1. The van der Waals surface area contributed by atoms with E-state index in [0.29, 0.717) is 42.5 Å². The molecule has 0 radical (unpaired) electrons. The van der Waals surface area contributed by atoms with Crippen LogP contribution in [0, 0.1) is 0 Å². The van der Waals surface area contributed by atoms with Crippen molar-refractivity contribution in [3.63, 3.8) is 0 Å². The molecule has 1 fully saturated rings. The maximum Gasteiger partial charge on any atom is 0.270 e. The number of nitrogens with zero attached hydrogens (tertiary/aromatic N) is 2. The molecule has 1 saturated heterocycles. The van der Waals surface area contributed by atoms with Gasteiger partial charge in [0.2, 0.25) is 0 Å². The Labute approximate surface area is 133 Å². The van der Waals surface area contributed by atoms with Gasteiger partial charge in [-0.25, -0.2) is 0 Å². The predicted octanol–water partition coefficient (Wildman–Crippen LogP) is 2.27. The Bertz CT molecular complexity index is 676. The topological polar surface area (TPSA) is 56.4 Å². The van der Waals surface area contributed by atoms with E-state index in [2.05, 4.69) is 4.98 Å². The summed E-state index contributed by atoms with van der Waals surface area (Å²) in [5, 5.41) is 0.456. The van der Waals surface area contributed by atoms with Gasteiger partial charge in [0.15, 0.2) is 0 Å². The van der Waals surface area contributed by atoms with Gasteiger partial charge in [-0.1, -0.05) is 23.7 Å². The third kappa shape index (κ3) is 2.85. The molecule has 0 spiro atoms. The normalized spacial score (nSPS) is 15.0. The van der Waals surface area contributed by atoms with E-state index in [1.807, 2.05) is 0 Å². The molecule has 0 atom stereocenters. The number of aromatic amines is 1. The Hall–Kier alpha value is -2.27. The van der Waals surface area contributed by atoms with Crippen molar-refractivity contribution in [2.45, 2.75) is 0 Å². The van der Waals surface area contributed by atoms with Crippen molar-refractivity contribution in [1.82, 2.24) is 14.8 Å². The number of hydrogen-bond donors (Lipinski definition) is 1. The lowest BCUT2D eigenvalue weighted by Gasteiger charge is -2.34. The van der Waals surface area contributed by atoms with Crippen molar-refractivity contribution in [3.05, 3.63) is 58.9 Å². The van der Waals surface area contributed by atoms with E-state index >= 15 is 0 Å². The average Bonchev–Trinajstić information content (AvgIpc) is 3.09. The molecule has 1 N–H and O–H groups in total. The lowest BCUT2D eigenvalue weighted by molar-refractivity contribution is 0.0533. The van der Waals surface area contributed by atoms with Gasteiger partial charge in [-0.05, 0) is 24.3 Å². The molecule has 2 heterocycles. The summed E-state index contributed by atoms with van der Waals surface area (Å²) < 4.78 is 0. The largest absolute Gasteiger partial charge is 0.357 e. The van der Waals surface area contributed by atoms with Crippen LogP contribution >= 0.6 is 11.6 Å². The summed E-state index contributed by atoms with van der Waals surface area (Å²) in [6.45, 7) is 2.06. The van der Waals surface area contributed by atoms with Gasteiger partial charge >= 0.3 is 0 Å². The molecule has 1 aliphatic heterocycles. The molecule has 1 aromatic heterocycles. The number of carbonyl (C=O) groups excluding carboxylic acids is 2. The van der Waals surface area contributed by atoms with Crippen LogP contribution in [0.25, 0.3) is 0 Å². The van der Waals surface area contributed by atoms with Crippen LogP contribution in [0.4, 0.5) is 0 Å². The monoisotopic (exact) mass is 317 g/mol. The second-order valence-corrected chi connectivity index (χ2v) is 5.56. The minimum Gasteiger partial charge on any atom is -0.357 e. The molecule has 114 valence electrons. The molecule has 5 nitrogen and oxygen atoms in total. The standard InChI is InChI=1S/C16H16ClN3O2/c17-13-5-2-1-4-12(13)15(21)19-8-10-20(11-9-19)16(22)14-6-3-7-18-14/h1-7,18H,8-11H2. The highest BCUT2D eigenvalue weighted by Gasteiger charge is 2.26. The van der Waals surface area contributed by atoms with Crippen molar-refractivity contribution in [3.8, 4) is 0 Å². The molecule has 0 unspecified atom stereocenters. The van der Waals surface area contributed by atoms with E-state index in [1.54, 1.807) is 52.4 Å². The summed E-state index contributed by atoms with van der Waals surface area (Å²) in [5.41, 5.74) is 1.08. The summed E-state index contributed by atoms with van der Waals surface area (Å²) in [7, 11) is 0. The van der Waals surface area contributed by atoms with Gasteiger partial charge in [0.05, 0.1) is 10.6 Å². The summed E-state index contributed by atoms with van der Waals surface area (Å²) in [6.07, 6.45) is 1.73. The zero-order chi connectivity index (χ0) is 15.5. The first-order chi connectivity index (χ1) is 10.7. The number of rotatable bonds is 2. The molecule has 1 aromatic carbocycles. The quantitative estimate of drug-likeness (QED) is 0.923. The minimum atomic E-state index is -0.0856. The van der Waals surface area contributed by atoms with Gasteiger partial charge in [0, 0.05) is 32.4 Å². The zero-order valence-corrected chi connectivity index (χ0v) is 12.7. The molecule has 2 aromatic rings. The van der Waals surface area contributed by atoms with Gasteiger partial charge in [-0.15, -0.1) is 0 Å². The maximum absolute atomic E-state index is 12.5. The Morgan fingerprint density at radius 1 is 0.909 bits per heavy atom. The van der Waals surface area contributed by atoms with Crippen molar-refractivity contribution < 1.29 is 9.59 Å². The number of nitrogens with one attached hydrogen (secondary N) is 1. The Morgan fingerprint density at radius 3 is 2.14 bits per heavy atom. The number of H-pyrrole nitrogens is 1. The smallest absolute Gasteiger partial charge is 0.270 e. The fraction of sp³-hybridized carbons (Fsp3) is 0.250. The van der Waals surface area contributed by atoms with E-state index in [0.717, 1.165) is 0 Å². The molecular weight excluding hydrogens is 302 g/mol. The maximum atomic E-state index is 12.5. The summed E-state index contributed by atoms with van der Waals surface area (Å²) >= 11 is 6.07. The number of amides is 2. The number of piperazine rings is 1. The van der Waals surface area contributed by atoms with Crippen molar-refractivity contribution in [2.24, 2.45) is 0 Å². The van der Waals surface area contributed by atoms with E-state index in [1.165, 1.54) is 0 Å². The molecule has 1 aliphatic rings. The first-order valence-electron chi connectivity index (χ1n) is 7.13. The molecule has 3 rings (SSSR count). The number of carbonyl (C=O) groups is 2. The van der Waals surface area contributed by atoms with Crippen molar-refractivity contribution >= 4 is 23.4 Å². The Morgan fingerprint density at radius 2 is 1.55 bits per heavy atom. The second-order valence-electron chi connectivity index (χ2n) is 5.15. The summed E-state index contributed by atoms with van der Waals surface area (Å²) in [4.78, 5) is 31.1. The highest BCUT2D eigenvalue weighted by molar-refractivity contribution is 6.33. The second kappa shape index (κ2) is 6.23. The molecule has 6 heteroatoms. The molecular formula is C16H16ClN3O2. The van der Waals surface area contributed by atoms with Crippen LogP contribution < -0.4 is 0 Å². The van der Waals surface area contributed by atoms with Crippen LogP contribution in [-0.2, 0) is 0 Å². The van der Waals surface area contributed by atoms with E-state index < -0.39 is 0 Å². The van der Waals surface area contributed by atoms with Crippen LogP contribution in [-0.4, -0.2) is 52.8 Å². The van der Waals surface area contributed by atoms with E-state index in [9.17, 15) is 9.59 Å². The SMILES string of the molecule is O=C(c1ccc[nH]1)N1CCN(C(=O)c2ccccc2Cl)CC1. The van der Waals surface area contributed by atoms with Crippen LogP contribution in [0.2, 0.25) is 5.02 Å². The highest BCUT2D eigenvalue weighted by atomic mass is 35.5. The average molecular weight is 318 g/mol. The van der Waals surface area contributed by atoms with Crippen LogP contribution in [0.5, 0.6) is 0 Å². The summed E-state index contributed by atoms with van der Waals surface area (Å²) in [6, 6.07) is 10.6. The van der Waals surface area contributed by atoms with Gasteiger partial charge in [0.25, 0.3) is 11.8 Å². The fourth-order valence-corrected chi connectivity index (χ4v) is 2.77. The molecule has 2 amide bonds. The van der Waals surface area contributed by atoms with Crippen LogP contribution in [0.3, 0.4) is 0 Å². The zero-order valence-electron chi connectivity index (χ0n) is 12.0. The van der Waals surface area contributed by atoms with Gasteiger partial charge in [-0.3, -0.25) is 9.59 Å². The van der Waals surface area contributed by atoms with E-state index in [4.69, 9.17) is 11.6 Å². The van der Waals surface area contributed by atoms with Crippen LogP contribution in [0.15, 0.2) is 42.6 Å². The van der Waals surface area contributed by atoms with Gasteiger partial charge < -0.3 is 14.8 Å². The van der Waals surface area contributed by atoms with Crippen molar-refractivity contribution in [1.29, 1.82) is 0 Å². The molecule has 0 saturated carbocycles. The third-order valence-electron chi connectivity index (χ3n) is 3.79. The fourth-order valence-electron chi connectivity index (χ4n) is 2.55. The highest BCUT2D eigenvalue weighted by Crippen LogP contribution is 2.18. The Balaban J connectivity index is 1.63. The van der Waals surface area contributed by atoms with Gasteiger partial charge in [0.1, 0.15) is 5.69 Å². The first kappa shape index (κ1) is 14.7. The minimum absolute atomic E-state index is 0.0326. The lowest BCUT2D eigenvalue weighted by atomic mass is 10.1. The molecule has 22 heavy (non-hydrogen) atoms. The third-order valence-corrected chi connectivity index (χ3v) is 4.12. The molecule has 0 aliphatic carbocycles. The van der Waals surface area contributed by atoms with Crippen molar-refractivity contribution in [2.75, 3.05) is 26.2 Å². The predicted molar refractivity (Wildman–Crippen MR) is 84.1 cm³/mol. The van der Waals surface area contributed by atoms with Crippen LogP contribution in [0.1, 0.15) is 20.8 Å². The van der Waals surface area contributed by atoms with Gasteiger partial charge in [-0.2, -0.15) is 0 Å². The molecule has 0 bridgehead atoms.